The van der Waals surface area contributed by atoms with E-state index in [1.807, 2.05) is 20.0 Å². The largest absolute Gasteiger partial charge is 0.504 e. The van der Waals surface area contributed by atoms with Gasteiger partial charge in [-0.25, -0.2) is 0 Å². The molecule has 3 nitrogen and oxygen atoms in total. The molecule has 0 unspecified atom stereocenters. The van der Waals surface area contributed by atoms with E-state index in [2.05, 4.69) is 21.2 Å². The molecule has 0 aliphatic heterocycles. The summed E-state index contributed by atoms with van der Waals surface area (Å²) >= 11 is 3.40. The van der Waals surface area contributed by atoms with Gasteiger partial charge < -0.3 is 15.2 Å². The Hall–Kier alpha value is -0.740. The lowest BCUT2D eigenvalue weighted by Crippen LogP contribution is -2.12. The van der Waals surface area contributed by atoms with Crippen LogP contribution >= 0.6 is 15.9 Å². The Morgan fingerprint density at radius 1 is 1.50 bits per heavy atom. The van der Waals surface area contributed by atoms with Gasteiger partial charge in [0, 0.05) is 10.5 Å². The standard InChI is InChI=1S/C10H14BrNO2/c1-6(12-2)7-4-10(14-3)9(13)5-8(7)11/h4-6,12-13H,1-3H3/t6-/m0/s1. The molecule has 0 aromatic heterocycles. The fourth-order valence-electron chi connectivity index (χ4n) is 1.21. The molecule has 1 rings (SSSR count). The summed E-state index contributed by atoms with van der Waals surface area (Å²) in [4.78, 5) is 0. The third kappa shape index (κ3) is 2.19. The number of benzene rings is 1. The van der Waals surface area contributed by atoms with Crippen molar-refractivity contribution in [3.05, 3.63) is 22.2 Å². The van der Waals surface area contributed by atoms with Crippen LogP contribution in [0, 0.1) is 0 Å². The minimum atomic E-state index is 0.145. The summed E-state index contributed by atoms with van der Waals surface area (Å²) in [5, 5.41) is 12.6. The van der Waals surface area contributed by atoms with Gasteiger partial charge in [0.25, 0.3) is 0 Å². The van der Waals surface area contributed by atoms with Crippen molar-refractivity contribution in [1.29, 1.82) is 0 Å². The van der Waals surface area contributed by atoms with Gasteiger partial charge in [0.1, 0.15) is 0 Å². The number of rotatable bonds is 3. The lowest BCUT2D eigenvalue weighted by Gasteiger charge is -2.14. The first kappa shape index (κ1) is 11.3. The zero-order valence-corrected chi connectivity index (χ0v) is 10.1. The number of phenols is 1. The number of ether oxygens (including phenoxy) is 1. The highest BCUT2D eigenvalue weighted by Crippen LogP contribution is 2.34. The minimum absolute atomic E-state index is 0.145. The van der Waals surface area contributed by atoms with Crippen LogP contribution in [0.2, 0.25) is 0 Å². The Labute approximate surface area is 92.2 Å². The Balaban J connectivity index is 3.17. The van der Waals surface area contributed by atoms with Gasteiger partial charge in [0.05, 0.1) is 7.11 Å². The first-order valence-electron chi connectivity index (χ1n) is 4.33. The Morgan fingerprint density at radius 2 is 2.14 bits per heavy atom. The van der Waals surface area contributed by atoms with Gasteiger partial charge in [-0.05, 0) is 31.7 Å². The molecule has 78 valence electrons. The number of nitrogens with one attached hydrogen (secondary N) is 1. The van der Waals surface area contributed by atoms with Crippen molar-refractivity contribution in [2.45, 2.75) is 13.0 Å². The first-order valence-corrected chi connectivity index (χ1v) is 5.13. The maximum absolute atomic E-state index is 9.49. The van der Waals surface area contributed by atoms with Crippen LogP contribution in [0.1, 0.15) is 18.5 Å². The highest BCUT2D eigenvalue weighted by molar-refractivity contribution is 9.10. The summed E-state index contributed by atoms with van der Waals surface area (Å²) in [6, 6.07) is 3.67. The van der Waals surface area contributed by atoms with Crippen LogP contribution in [0.25, 0.3) is 0 Å². The summed E-state index contributed by atoms with van der Waals surface area (Å²) < 4.78 is 5.91. The molecule has 0 radical (unpaired) electrons. The van der Waals surface area contributed by atoms with Crippen molar-refractivity contribution in [3.8, 4) is 11.5 Å². The average Bonchev–Trinajstić information content (AvgIpc) is 2.17. The molecule has 1 aromatic carbocycles. The SMILES string of the molecule is CN[C@@H](C)c1cc(OC)c(O)cc1Br. The van der Waals surface area contributed by atoms with E-state index in [0.29, 0.717) is 5.75 Å². The second-order valence-electron chi connectivity index (χ2n) is 3.06. The first-order chi connectivity index (χ1) is 6.60. The average molecular weight is 260 g/mol. The number of halogens is 1. The molecule has 0 saturated carbocycles. The summed E-state index contributed by atoms with van der Waals surface area (Å²) in [7, 11) is 3.42. The van der Waals surface area contributed by atoms with E-state index < -0.39 is 0 Å². The fraction of sp³-hybridized carbons (Fsp3) is 0.400. The molecule has 0 saturated heterocycles. The Bertz CT molecular complexity index is 328. The number of methoxy groups -OCH3 is 1. The number of hydrogen-bond acceptors (Lipinski definition) is 3. The van der Waals surface area contributed by atoms with Gasteiger partial charge in [-0.15, -0.1) is 0 Å². The van der Waals surface area contributed by atoms with Crippen LogP contribution in [0.4, 0.5) is 0 Å². The molecule has 0 amide bonds. The highest BCUT2D eigenvalue weighted by Gasteiger charge is 2.12. The van der Waals surface area contributed by atoms with Crippen LogP contribution in [-0.4, -0.2) is 19.3 Å². The molecule has 2 N–H and O–H groups in total. The van der Waals surface area contributed by atoms with E-state index in [1.54, 1.807) is 6.07 Å². The number of phenolic OH excluding ortho intramolecular Hbond substituents is 1. The second-order valence-corrected chi connectivity index (χ2v) is 3.91. The molecule has 0 aliphatic carbocycles. The number of hydrogen-bond donors (Lipinski definition) is 2. The second kappa shape index (κ2) is 4.66. The molecular formula is C10H14BrNO2. The lowest BCUT2D eigenvalue weighted by atomic mass is 10.1. The minimum Gasteiger partial charge on any atom is -0.504 e. The molecule has 0 bridgehead atoms. The van der Waals surface area contributed by atoms with Crippen molar-refractivity contribution in [1.82, 2.24) is 5.32 Å². The van der Waals surface area contributed by atoms with Gasteiger partial charge in [-0.1, -0.05) is 15.9 Å². The Kier molecular flexibility index (Phi) is 3.77. The van der Waals surface area contributed by atoms with Crippen molar-refractivity contribution >= 4 is 15.9 Å². The molecule has 0 heterocycles. The smallest absolute Gasteiger partial charge is 0.160 e. The monoisotopic (exact) mass is 259 g/mol. The van der Waals surface area contributed by atoms with Crippen LogP contribution in [0.15, 0.2) is 16.6 Å². The normalized spacial score (nSPS) is 12.6. The zero-order chi connectivity index (χ0) is 10.7. The van der Waals surface area contributed by atoms with Gasteiger partial charge >= 0.3 is 0 Å². The number of aromatic hydroxyl groups is 1. The van der Waals surface area contributed by atoms with Gasteiger partial charge in [-0.3, -0.25) is 0 Å². The van der Waals surface area contributed by atoms with E-state index in [4.69, 9.17) is 4.74 Å². The highest BCUT2D eigenvalue weighted by atomic mass is 79.9. The maximum Gasteiger partial charge on any atom is 0.160 e. The molecule has 14 heavy (non-hydrogen) atoms. The van der Waals surface area contributed by atoms with Crippen LogP contribution < -0.4 is 10.1 Å². The molecule has 1 aromatic rings. The molecule has 4 heteroatoms. The van der Waals surface area contributed by atoms with Crippen molar-refractivity contribution < 1.29 is 9.84 Å². The van der Waals surface area contributed by atoms with Crippen LogP contribution in [-0.2, 0) is 0 Å². The fourth-order valence-corrected chi connectivity index (χ4v) is 1.88. The van der Waals surface area contributed by atoms with Crippen molar-refractivity contribution in [2.75, 3.05) is 14.2 Å². The zero-order valence-electron chi connectivity index (χ0n) is 8.47. The van der Waals surface area contributed by atoms with Crippen LogP contribution in [0.3, 0.4) is 0 Å². The molecular weight excluding hydrogens is 246 g/mol. The molecule has 0 fully saturated rings. The summed E-state index contributed by atoms with van der Waals surface area (Å²) in [5.41, 5.74) is 1.06. The maximum atomic E-state index is 9.49. The van der Waals surface area contributed by atoms with Gasteiger partial charge in [0.2, 0.25) is 0 Å². The molecule has 1 atom stereocenters. The molecule has 0 aliphatic rings. The third-order valence-electron chi connectivity index (χ3n) is 2.20. The van der Waals surface area contributed by atoms with Gasteiger partial charge in [0.15, 0.2) is 11.5 Å². The van der Waals surface area contributed by atoms with Gasteiger partial charge in [-0.2, -0.15) is 0 Å². The van der Waals surface area contributed by atoms with E-state index in [-0.39, 0.29) is 11.8 Å². The topological polar surface area (TPSA) is 41.5 Å². The summed E-state index contributed by atoms with van der Waals surface area (Å²) in [5.74, 6) is 0.636. The van der Waals surface area contributed by atoms with Crippen molar-refractivity contribution in [3.63, 3.8) is 0 Å². The van der Waals surface area contributed by atoms with E-state index >= 15 is 0 Å². The lowest BCUT2D eigenvalue weighted by molar-refractivity contribution is 0.372. The quantitative estimate of drug-likeness (QED) is 0.877. The summed E-state index contributed by atoms with van der Waals surface area (Å²) in [6.07, 6.45) is 0. The van der Waals surface area contributed by atoms with E-state index in [1.165, 1.54) is 7.11 Å². The van der Waals surface area contributed by atoms with E-state index in [9.17, 15) is 5.11 Å². The van der Waals surface area contributed by atoms with E-state index in [0.717, 1.165) is 10.0 Å². The predicted molar refractivity (Wildman–Crippen MR) is 59.8 cm³/mol. The summed E-state index contributed by atoms with van der Waals surface area (Å²) in [6.45, 7) is 2.04. The third-order valence-corrected chi connectivity index (χ3v) is 2.88. The van der Waals surface area contributed by atoms with Crippen LogP contribution in [0.5, 0.6) is 11.5 Å². The Morgan fingerprint density at radius 3 is 2.64 bits per heavy atom. The molecule has 0 spiro atoms. The van der Waals surface area contributed by atoms with Crippen molar-refractivity contribution in [2.24, 2.45) is 0 Å². The predicted octanol–water partition coefficient (Wildman–Crippen LogP) is 2.44.